The Balaban J connectivity index is 2.19. The summed E-state index contributed by atoms with van der Waals surface area (Å²) in [6, 6.07) is 0.678. The first-order chi connectivity index (χ1) is 12.9. The van der Waals surface area contributed by atoms with Gasteiger partial charge in [0.15, 0.2) is 11.0 Å². The normalized spacial score (nSPS) is 18.0. The van der Waals surface area contributed by atoms with E-state index in [0.717, 1.165) is 12.8 Å². The summed E-state index contributed by atoms with van der Waals surface area (Å²) in [4.78, 5) is 12.2. The molecule has 1 fully saturated rings. The lowest BCUT2D eigenvalue weighted by molar-refractivity contribution is -0.123. The van der Waals surface area contributed by atoms with Gasteiger partial charge in [0.25, 0.3) is 6.43 Å². The van der Waals surface area contributed by atoms with Gasteiger partial charge in [-0.1, -0.05) is 32.4 Å². The van der Waals surface area contributed by atoms with E-state index in [1.807, 2.05) is 0 Å². The average Bonchev–Trinajstić information content (AvgIpc) is 3.40. The van der Waals surface area contributed by atoms with E-state index in [4.69, 9.17) is 22.1 Å². The fraction of sp³-hybridized carbons (Fsp3) is 0.706. The summed E-state index contributed by atoms with van der Waals surface area (Å²) in [6.07, 6.45) is -1.51. The highest BCUT2D eigenvalue weighted by Gasteiger charge is 2.37. The highest BCUT2D eigenvalue weighted by atomic mass is 35.5. The van der Waals surface area contributed by atoms with Crippen LogP contribution in [0, 0.1) is 5.41 Å². The maximum atomic E-state index is 13.8. The Morgan fingerprint density at radius 3 is 2.57 bits per heavy atom. The van der Waals surface area contributed by atoms with Gasteiger partial charge in [-0.25, -0.2) is 13.2 Å². The maximum absolute atomic E-state index is 13.8. The third-order valence-electron chi connectivity index (χ3n) is 4.08. The molecule has 1 heterocycles. The van der Waals surface area contributed by atoms with E-state index >= 15 is 0 Å². The second-order valence-electron chi connectivity index (χ2n) is 7.87. The molecule has 158 valence electrons. The van der Waals surface area contributed by atoms with Crippen LogP contribution in [0.3, 0.4) is 0 Å². The van der Waals surface area contributed by atoms with E-state index in [1.54, 1.807) is 20.8 Å². The molecule has 28 heavy (non-hydrogen) atoms. The van der Waals surface area contributed by atoms with Gasteiger partial charge in [0.2, 0.25) is 11.7 Å². The van der Waals surface area contributed by atoms with Gasteiger partial charge in [-0.15, -0.1) is 10.2 Å². The summed E-state index contributed by atoms with van der Waals surface area (Å²) in [6.45, 7) is 4.40. The molecule has 1 aromatic rings. The third-order valence-corrected chi connectivity index (χ3v) is 4.37. The number of rotatable bonds is 9. The number of halogens is 4. The lowest BCUT2D eigenvalue weighted by Gasteiger charge is -2.25. The van der Waals surface area contributed by atoms with E-state index in [1.165, 1.54) is 6.07 Å². The fourth-order valence-corrected chi connectivity index (χ4v) is 2.31. The Kier molecular flexibility index (Phi) is 7.24. The van der Waals surface area contributed by atoms with Gasteiger partial charge in [-0.05, 0) is 18.9 Å². The molecular weight excluding hydrogens is 399 g/mol. The highest BCUT2D eigenvalue weighted by molar-refractivity contribution is 6.30. The molecule has 1 aliphatic rings. The number of aromatic nitrogens is 2. The van der Waals surface area contributed by atoms with Gasteiger partial charge in [-0.3, -0.25) is 10.5 Å². The van der Waals surface area contributed by atoms with E-state index in [2.05, 4.69) is 20.8 Å². The van der Waals surface area contributed by atoms with Gasteiger partial charge in [0, 0.05) is 17.5 Å². The Hall–Kier alpha value is -1.49. The number of nitrogens with one attached hydrogen (secondary N) is 2. The predicted octanol–water partition coefficient (Wildman–Crippen LogP) is 2.81. The molecule has 1 aliphatic carbocycles. The van der Waals surface area contributed by atoms with Crippen molar-refractivity contribution in [2.45, 2.75) is 58.0 Å². The molecular formula is C17H25ClF3N5O2. The minimum absolute atomic E-state index is 0.0239. The summed E-state index contributed by atoms with van der Waals surface area (Å²) >= 11 is 6.11. The van der Waals surface area contributed by atoms with Gasteiger partial charge in [0.1, 0.15) is 0 Å². The molecule has 0 aliphatic heterocycles. The molecule has 1 unspecified atom stereocenters. The molecule has 0 aromatic carbocycles. The van der Waals surface area contributed by atoms with Gasteiger partial charge >= 0.3 is 0 Å². The Bertz CT molecular complexity index is 696. The number of amides is 1. The topological polar surface area (TPSA) is 102 Å². The minimum atomic E-state index is -3.36. The largest absolute Gasteiger partial charge is 0.376 e. The van der Waals surface area contributed by atoms with Crippen LogP contribution in [0.15, 0.2) is 6.07 Å². The van der Waals surface area contributed by atoms with Crippen LogP contribution in [0.5, 0.6) is 0 Å². The lowest BCUT2D eigenvalue weighted by Crippen LogP contribution is -2.51. The van der Waals surface area contributed by atoms with Crippen molar-refractivity contribution in [1.82, 2.24) is 15.5 Å². The Morgan fingerprint density at radius 2 is 2.04 bits per heavy atom. The maximum Gasteiger partial charge on any atom is 0.286 e. The average molecular weight is 424 g/mol. The van der Waals surface area contributed by atoms with Crippen molar-refractivity contribution >= 4 is 23.3 Å². The summed E-state index contributed by atoms with van der Waals surface area (Å²) < 4.78 is 44.8. The molecule has 4 N–H and O–H groups in total. The fourth-order valence-electron chi connectivity index (χ4n) is 2.08. The zero-order chi connectivity index (χ0) is 21.1. The monoisotopic (exact) mass is 423 g/mol. The van der Waals surface area contributed by atoms with E-state index < -0.39 is 30.2 Å². The lowest BCUT2D eigenvalue weighted by atomic mass is 9.96. The van der Waals surface area contributed by atoms with Crippen LogP contribution in [-0.2, 0) is 9.53 Å². The summed E-state index contributed by atoms with van der Waals surface area (Å²) in [5, 5.41) is 12.8. The molecule has 1 amide bonds. The molecule has 2 rings (SSSR count). The van der Waals surface area contributed by atoms with Crippen molar-refractivity contribution in [3.63, 3.8) is 0 Å². The smallest absolute Gasteiger partial charge is 0.286 e. The first-order valence-electron chi connectivity index (χ1n) is 8.85. The Labute approximate surface area is 166 Å². The highest BCUT2D eigenvalue weighted by Crippen LogP contribution is 2.29. The number of alkyl halides is 3. The van der Waals surface area contributed by atoms with Gasteiger partial charge < -0.3 is 15.4 Å². The molecule has 11 heteroatoms. The molecule has 0 saturated heterocycles. The van der Waals surface area contributed by atoms with Crippen LogP contribution in [0.2, 0.25) is 5.15 Å². The van der Waals surface area contributed by atoms with Crippen LogP contribution in [0.25, 0.3) is 0 Å². The first kappa shape index (κ1) is 22.8. The minimum Gasteiger partial charge on any atom is -0.376 e. The summed E-state index contributed by atoms with van der Waals surface area (Å²) in [5.74, 6) is -3.38. The predicted molar refractivity (Wildman–Crippen MR) is 98.9 cm³/mol. The molecule has 7 nitrogen and oxygen atoms in total. The van der Waals surface area contributed by atoms with Crippen molar-refractivity contribution in [1.29, 1.82) is 0 Å². The number of anilines is 1. The van der Waals surface area contributed by atoms with E-state index in [0.29, 0.717) is 5.56 Å². The zero-order valence-corrected chi connectivity index (χ0v) is 16.7. The van der Waals surface area contributed by atoms with Crippen molar-refractivity contribution in [3.8, 4) is 0 Å². The number of nitrogens with two attached hydrogens (primary N) is 1. The summed E-state index contributed by atoms with van der Waals surface area (Å²) in [5.41, 5.74) is 4.66. The van der Waals surface area contributed by atoms with Crippen LogP contribution in [-0.4, -0.2) is 47.6 Å². The molecule has 2 atom stereocenters. The number of carbonyl (C=O) groups is 1. The van der Waals surface area contributed by atoms with Crippen LogP contribution >= 0.6 is 11.6 Å². The van der Waals surface area contributed by atoms with Gasteiger partial charge in [-0.2, -0.15) is 0 Å². The van der Waals surface area contributed by atoms with Crippen molar-refractivity contribution in [3.05, 3.63) is 16.8 Å². The van der Waals surface area contributed by atoms with E-state index in [-0.39, 0.29) is 29.6 Å². The second-order valence-corrected chi connectivity index (χ2v) is 8.23. The van der Waals surface area contributed by atoms with Crippen LogP contribution < -0.4 is 16.4 Å². The van der Waals surface area contributed by atoms with Crippen molar-refractivity contribution in [2.24, 2.45) is 11.1 Å². The molecule has 0 radical (unpaired) electrons. The third kappa shape index (κ3) is 6.54. The first-order valence-corrected chi connectivity index (χ1v) is 9.23. The number of nitrogens with zero attached hydrogens (tertiary/aromatic N) is 2. The molecule has 0 bridgehead atoms. The van der Waals surface area contributed by atoms with Crippen LogP contribution in [0.1, 0.15) is 45.2 Å². The Morgan fingerprint density at radius 1 is 1.39 bits per heavy atom. The SMILES string of the molecule is CC(C)(C)C(=O)Nc1cc([C@@H](COC2CC2)NCC(N)(F)C(F)F)c(Cl)nn1. The molecule has 0 spiro atoms. The zero-order valence-electron chi connectivity index (χ0n) is 15.9. The van der Waals surface area contributed by atoms with E-state index in [9.17, 15) is 18.0 Å². The quantitative estimate of drug-likeness (QED) is 0.528. The number of carbonyl (C=O) groups excluding carboxylic acids is 1. The summed E-state index contributed by atoms with van der Waals surface area (Å²) in [7, 11) is 0. The standard InChI is InChI=1S/C17H25ClF3N5O2/c1-16(2,3)15(27)24-12-6-10(13(18)26-25-12)11(7-28-9-4-5-9)23-8-17(21,22)14(19)20/h6,9,11,14,23H,4-5,7-8,22H2,1-3H3,(H,24,25,27)/t11-,17?/m1/s1. The molecule has 1 aromatic heterocycles. The van der Waals surface area contributed by atoms with Crippen molar-refractivity contribution in [2.75, 3.05) is 18.5 Å². The van der Waals surface area contributed by atoms with Gasteiger partial charge in [0.05, 0.1) is 18.8 Å². The number of hydrogen-bond donors (Lipinski definition) is 3. The van der Waals surface area contributed by atoms with Crippen molar-refractivity contribution < 1.29 is 22.7 Å². The van der Waals surface area contributed by atoms with Crippen LogP contribution in [0.4, 0.5) is 19.0 Å². The number of ether oxygens (including phenoxy) is 1. The second kappa shape index (κ2) is 8.89. The number of hydrogen-bond acceptors (Lipinski definition) is 6. The molecule has 1 saturated carbocycles.